The Balaban J connectivity index is 1.42. The largest absolute Gasteiger partial charge is 0.394 e. The third-order valence-electron chi connectivity index (χ3n) is 6.80. The van der Waals surface area contributed by atoms with E-state index >= 15 is 0 Å². The molecular weight excluding hydrogens is 451 g/mol. The van der Waals surface area contributed by atoms with Crippen LogP contribution < -0.4 is 0 Å². The van der Waals surface area contributed by atoms with Crippen LogP contribution in [0.3, 0.4) is 0 Å². The lowest BCUT2D eigenvalue weighted by molar-refractivity contribution is -0.127. The maximum atomic E-state index is 12.8. The molecule has 0 saturated heterocycles. The molecule has 33 heavy (non-hydrogen) atoms. The normalized spacial score (nSPS) is 21.8. The number of halogens is 4. The smallest absolute Gasteiger partial charge is 0.390 e. The highest BCUT2D eigenvalue weighted by Crippen LogP contribution is 2.36. The summed E-state index contributed by atoms with van der Waals surface area (Å²) in [7, 11) is 0. The van der Waals surface area contributed by atoms with Crippen molar-refractivity contribution in [1.82, 2.24) is 14.0 Å². The van der Waals surface area contributed by atoms with Crippen LogP contribution in [0.1, 0.15) is 38.3 Å². The maximum Gasteiger partial charge on any atom is 0.394 e. The zero-order valence-corrected chi connectivity index (χ0v) is 19.0. The van der Waals surface area contributed by atoms with Crippen LogP contribution in [0.25, 0.3) is 27.7 Å². The minimum Gasteiger partial charge on any atom is -0.390 e. The molecule has 0 radical (unpaired) electrons. The summed E-state index contributed by atoms with van der Waals surface area (Å²) in [5, 5.41) is 11.6. The number of aliphatic hydroxyl groups is 1. The first kappa shape index (κ1) is 22.3. The Morgan fingerprint density at radius 1 is 1.15 bits per heavy atom. The third kappa shape index (κ3) is 4.49. The number of nitrogens with zero attached hydrogens (tertiary/aromatic N) is 3. The average molecular weight is 476 g/mol. The molecule has 3 heterocycles. The maximum absolute atomic E-state index is 12.8. The van der Waals surface area contributed by atoms with Gasteiger partial charge in [0, 0.05) is 41.6 Å². The molecule has 0 aliphatic heterocycles. The van der Waals surface area contributed by atoms with E-state index in [9.17, 15) is 18.3 Å². The van der Waals surface area contributed by atoms with Crippen LogP contribution in [0.5, 0.6) is 0 Å². The van der Waals surface area contributed by atoms with Gasteiger partial charge in [0.15, 0.2) is 5.65 Å². The molecule has 1 fully saturated rings. The SMILES string of the molecule is CC1(O)CCC(Cn2ccc3cc(-c4ccn5c(CC(F)(F)F)cnc5c4Cl)ccc32)CC1. The van der Waals surface area contributed by atoms with Gasteiger partial charge in [0.2, 0.25) is 0 Å². The Morgan fingerprint density at radius 3 is 2.64 bits per heavy atom. The van der Waals surface area contributed by atoms with Gasteiger partial charge in [-0.1, -0.05) is 17.7 Å². The van der Waals surface area contributed by atoms with Crippen LogP contribution in [-0.2, 0) is 13.0 Å². The van der Waals surface area contributed by atoms with Gasteiger partial charge in [0.25, 0.3) is 0 Å². The fourth-order valence-electron chi connectivity index (χ4n) is 4.91. The lowest BCUT2D eigenvalue weighted by atomic mass is 9.80. The molecular formula is C25H25ClF3N3O. The van der Waals surface area contributed by atoms with E-state index in [1.54, 1.807) is 12.3 Å². The minimum atomic E-state index is -4.31. The third-order valence-corrected chi connectivity index (χ3v) is 7.17. The standard InChI is InChI=1S/C25H25ClF3N3O/c1-24(33)8-4-16(5-9-24)15-31-10-6-18-12-17(2-3-21(18)31)20-7-11-32-19(13-25(27,28)29)14-30-23(32)22(20)26/h2-3,6-7,10-12,14,16,33H,4-5,8-9,13,15H2,1H3. The second-order valence-corrected chi connectivity index (χ2v) is 9.84. The Morgan fingerprint density at radius 2 is 1.91 bits per heavy atom. The summed E-state index contributed by atoms with van der Waals surface area (Å²) in [6.45, 7) is 2.83. The number of imidazole rings is 1. The molecule has 0 spiro atoms. The summed E-state index contributed by atoms with van der Waals surface area (Å²) < 4.78 is 42.2. The van der Waals surface area contributed by atoms with Gasteiger partial charge in [-0.2, -0.15) is 13.2 Å². The summed E-state index contributed by atoms with van der Waals surface area (Å²) in [4.78, 5) is 4.14. The molecule has 4 aromatic rings. The van der Waals surface area contributed by atoms with Crippen molar-refractivity contribution in [2.24, 2.45) is 5.92 Å². The van der Waals surface area contributed by atoms with Crippen LogP contribution in [0.4, 0.5) is 13.2 Å². The summed E-state index contributed by atoms with van der Waals surface area (Å²) in [6.07, 6.45) is 3.24. The fraction of sp³-hybridized carbons (Fsp3) is 0.400. The summed E-state index contributed by atoms with van der Waals surface area (Å²) in [6, 6.07) is 9.91. The first-order chi connectivity index (χ1) is 15.6. The predicted octanol–water partition coefficient (Wildman–Crippen LogP) is 6.66. The van der Waals surface area contributed by atoms with Crippen molar-refractivity contribution in [1.29, 1.82) is 0 Å². The first-order valence-corrected chi connectivity index (χ1v) is 11.5. The monoisotopic (exact) mass is 475 g/mol. The number of rotatable bonds is 4. The molecule has 1 aliphatic carbocycles. The lowest BCUT2D eigenvalue weighted by Crippen LogP contribution is -2.31. The Labute approximate surface area is 194 Å². The molecule has 0 atom stereocenters. The summed E-state index contributed by atoms with van der Waals surface area (Å²) in [5.74, 6) is 0.545. The van der Waals surface area contributed by atoms with Gasteiger partial charge < -0.3 is 14.1 Å². The van der Waals surface area contributed by atoms with E-state index in [1.807, 2.05) is 13.0 Å². The molecule has 1 N–H and O–H groups in total. The van der Waals surface area contributed by atoms with E-state index in [0.29, 0.717) is 16.6 Å². The quantitative estimate of drug-likeness (QED) is 0.359. The highest BCUT2D eigenvalue weighted by Gasteiger charge is 2.30. The van der Waals surface area contributed by atoms with Crippen molar-refractivity contribution in [3.8, 4) is 11.1 Å². The molecule has 1 aliphatic rings. The molecule has 4 nitrogen and oxygen atoms in total. The second-order valence-electron chi connectivity index (χ2n) is 9.46. The average Bonchev–Trinajstić information content (AvgIpc) is 3.33. The molecule has 0 amide bonds. The van der Waals surface area contributed by atoms with Crippen LogP contribution in [-0.4, -0.2) is 30.8 Å². The van der Waals surface area contributed by atoms with Crippen molar-refractivity contribution in [2.45, 2.75) is 57.3 Å². The van der Waals surface area contributed by atoms with E-state index in [4.69, 9.17) is 11.6 Å². The number of benzene rings is 1. The lowest BCUT2D eigenvalue weighted by Gasteiger charge is -2.33. The van der Waals surface area contributed by atoms with Crippen molar-refractivity contribution in [3.05, 3.63) is 59.6 Å². The van der Waals surface area contributed by atoms with Crippen LogP contribution >= 0.6 is 11.6 Å². The van der Waals surface area contributed by atoms with E-state index in [1.165, 1.54) is 10.6 Å². The second kappa shape index (κ2) is 8.06. The summed E-state index contributed by atoms with van der Waals surface area (Å²) in [5.41, 5.74) is 2.59. The van der Waals surface area contributed by atoms with Crippen LogP contribution in [0, 0.1) is 5.92 Å². The molecule has 8 heteroatoms. The molecule has 0 unspecified atom stereocenters. The number of hydrogen-bond donors (Lipinski definition) is 1. The molecule has 0 bridgehead atoms. The molecule has 1 aromatic carbocycles. The van der Waals surface area contributed by atoms with E-state index in [0.717, 1.165) is 54.3 Å². The van der Waals surface area contributed by atoms with Gasteiger partial charge in [0.05, 0.1) is 22.7 Å². The number of aromatic nitrogens is 3. The Hall–Kier alpha value is -2.51. The molecule has 1 saturated carbocycles. The molecule has 3 aromatic heterocycles. The van der Waals surface area contributed by atoms with Gasteiger partial charge in [-0.05, 0) is 68.4 Å². The van der Waals surface area contributed by atoms with Gasteiger partial charge in [-0.3, -0.25) is 0 Å². The van der Waals surface area contributed by atoms with Crippen LogP contribution in [0.15, 0.2) is 48.9 Å². The Bertz CT molecular complexity index is 1310. The first-order valence-electron chi connectivity index (χ1n) is 11.1. The van der Waals surface area contributed by atoms with Gasteiger partial charge >= 0.3 is 6.18 Å². The van der Waals surface area contributed by atoms with Crippen molar-refractivity contribution in [2.75, 3.05) is 0 Å². The van der Waals surface area contributed by atoms with Crippen LogP contribution in [0.2, 0.25) is 5.02 Å². The van der Waals surface area contributed by atoms with Crippen molar-refractivity contribution in [3.63, 3.8) is 0 Å². The van der Waals surface area contributed by atoms with Gasteiger partial charge in [0.1, 0.15) is 0 Å². The molecule has 174 valence electrons. The zero-order valence-electron chi connectivity index (χ0n) is 18.2. The summed E-state index contributed by atoms with van der Waals surface area (Å²) >= 11 is 6.58. The van der Waals surface area contributed by atoms with Gasteiger partial charge in [-0.25, -0.2) is 4.98 Å². The highest BCUT2D eigenvalue weighted by atomic mass is 35.5. The van der Waals surface area contributed by atoms with E-state index < -0.39 is 18.2 Å². The van der Waals surface area contributed by atoms with E-state index in [-0.39, 0.29) is 5.69 Å². The zero-order chi connectivity index (χ0) is 23.4. The van der Waals surface area contributed by atoms with Crippen molar-refractivity contribution >= 4 is 28.2 Å². The minimum absolute atomic E-state index is 0.0581. The van der Waals surface area contributed by atoms with Gasteiger partial charge in [-0.15, -0.1) is 0 Å². The fourth-order valence-corrected chi connectivity index (χ4v) is 5.23. The van der Waals surface area contributed by atoms with Crippen molar-refractivity contribution < 1.29 is 18.3 Å². The number of alkyl halides is 3. The topological polar surface area (TPSA) is 42.5 Å². The number of fused-ring (bicyclic) bond motifs is 2. The van der Waals surface area contributed by atoms with E-state index in [2.05, 4.69) is 33.9 Å². The Kier molecular flexibility index (Phi) is 5.45. The molecule has 5 rings (SSSR count). The predicted molar refractivity (Wildman–Crippen MR) is 123 cm³/mol. The number of pyridine rings is 1. The highest BCUT2D eigenvalue weighted by molar-refractivity contribution is 6.36. The number of hydrogen-bond acceptors (Lipinski definition) is 2.